The molecule has 0 spiro atoms. The number of aliphatic carboxylic acids is 1. The van der Waals surface area contributed by atoms with Gasteiger partial charge in [0, 0.05) is 16.9 Å². The Kier molecular flexibility index (Phi) is 5.69. The van der Waals surface area contributed by atoms with Crippen LogP contribution in [0.5, 0.6) is 0 Å². The Hall–Kier alpha value is -2.84. The maximum absolute atomic E-state index is 12.6. The lowest BCUT2D eigenvalue weighted by molar-refractivity contribution is -0.143. The summed E-state index contributed by atoms with van der Waals surface area (Å²) in [5.41, 5.74) is 1.84. The fraction of sp³-hybridized carbons (Fsp3) is 0.353. The van der Waals surface area contributed by atoms with Crippen LogP contribution < -0.4 is 5.32 Å². The van der Waals surface area contributed by atoms with E-state index in [-0.39, 0.29) is 18.5 Å². The van der Waals surface area contributed by atoms with Crippen LogP contribution in [0.15, 0.2) is 24.3 Å². The minimum absolute atomic E-state index is 0.156. The minimum Gasteiger partial charge on any atom is -0.481 e. The van der Waals surface area contributed by atoms with Gasteiger partial charge in [-0.15, -0.1) is 0 Å². The number of carboxylic acid groups (broad SMARTS) is 1. The van der Waals surface area contributed by atoms with E-state index in [1.54, 1.807) is 31.2 Å². The second-order valence-electron chi connectivity index (χ2n) is 5.87. The first-order valence-corrected chi connectivity index (χ1v) is 7.76. The van der Waals surface area contributed by atoms with Gasteiger partial charge in [-0.3, -0.25) is 14.3 Å². The highest BCUT2D eigenvalue weighted by atomic mass is 19.4. The summed E-state index contributed by atoms with van der Waals surface area (Å²) >= 11 is 0. The molecule has 0 radical (unpaired) electrons. The predicted octanol–water partition coefficient (Wildman–Crippen LogP) is 2.87. The van der Waals surface area contributed by atoms with Gasteiger partial charge in [0.1, 0.15) is 6.54 Å². The van der Waals surface area contributed by atoms with E-state index in [9.17, 15) is 22.8 Å². The molecular formula is C17H18F3N3O3. The normalized spacial score (nSPS) is 11.4. The van der Waals surface area contributed by atoms with Crippen molar-refractivity contribution < 1.29 is 27.9 Å². The van der Waals surface area contributed by atoms with Crippen LogP contribution in [-0.2, 0) is 29.0 Å². The summed E-state index contributed by atoms with van der Waals surface area (Å²) < 4.78 is 38.5. The van der Waals surface area contributed by atoms with E-state index < -0.39 is 24.6 Å². The number of hydrogen-bond acceptors (Lipinski definition) is 3. The monoisotopic (exact) mass is 369 g/mol. The molecule has 6 nitrogen and oxygen atoms in total. The van der Waals surface area contributed by atoms with Crippen LogP contribution in [0, 0.1) is 13.8 Å². The smallest absolute Gasteiger partial charge is 0.408 e. The van der Waals surface area contributed by atoms with Crippen LogP contribution in [0.1, 0.15) is 22.5 Å². The molecule has 0 aliphatic rings. The molecule has 0 aliphatic heterocycles. The third-order valence-corrected chi connectivity index (χ3v) is 3.83. The first-order valence-electron chi connectivity index (χ1n) is 7.76. The summed E-state index contributed by atoms with van der Waals surface area (Å²) in [5, 5.41) is 15.4. The number of aryl methyl sites for hydroxylation is 1. The van der Waals surface area contributed by atoms with Gasteiger partial charge >= 0.3 is 12.1 Å². The van der Waals surface area contributed by atoms with E-state index in [0.717, 1.165) is 4.68 Å². The van der Waals surface area contributed by atoms with Crippen molar-refractivity contribution >= 4 is 17.6 Å². The lowest BCUT2D eigenvalue weighted by Gasteiger charge is -2.10. The number of nitrogens with zero attached hydrogens (tertiary/aromatic N) is 2. The number of carboxylic acids is 1. The average Bonchev–Trinajstić information content (AvgIpc) is 2.74. The van der Waals surface area contributed by atoms with Crippen LogP contribution in [0.4, 0.5) is 18.9 Å². The summed E-state index contributed by atoms with van der Waals surface area (Å²) in [4.78, 5) is 23.2. The van der Waals surface area contributed by atoms with E-state index in [0.29, 0.717) is 22.5 Å². The highest BCUT2D eigenvalue weighted by Crippen LogP contribution is 2.22. The molecule has 0 fully saturated rings. The van der Waals surface area contributed by atoms with Gasteiger partial charge in [0.2, 0.25) is 5.91 Å². The molecule has 0 unspecified atom stereocenters. The molecule has 0 saturated heterocycles. The zero-order chi connectivity index (χ0) is 19.5. The molecule has 1 aromatic carbocycles. The standard InChI is InChI=1S/C17H18F3N3O3/c1-10-13(11(2)23(22-10)9-17(18,19)20)8-15(24)21-14-6-4-3-5-12(14)7-16(25)26/h3-6H,7-9H2,1-2H3,(H,21,24)(H,25,26). The number of para-hydroxylation sites is 1. The summed E-state index contributed by atoms with van der Waals surface area (Å²) in [5.74, 6) is -1.49. The van der Waals surface area contributed by atoms with Crippen molar-refractivity contribution in [3.63, 3.8) is 0 Å². The van der Waals surface area contributed by atoms with Gasteiger partial charge in [-0.2, -0.15) is 18.3 Å². The molecule has 1 aromatic heterocycles. The molecule has 1 heterocycles. The van der Waals surface area contributed by atoms with Crippen LogP contribution in [0.2, 0.25) is 0 Å². The summed E-state index contributed by atoms with van der Waals surface area (Å²) in [6.07, 6.45) is -4.81. The van der Waals surface area contributed by atoms with Crippen molar-refractivity contribution in [2.75, 3.05) is 5.32 Å². The minimum atomic E-state index is -4.40. The highest BCUT2D eigenvalue weighted by Gasteiger charge is 2.30. The maximum atomic E-state index is 12.6. The van der Waals surface area contributed by atoms with Gasteiger partial charge < -0.3 is 10.4 Å². The molecular weight excluding hydrogens is 351 g/mol. The Morgan fingerprint density at radius 3 is 2.46 bits per heavy atom. The van der Waals surface area contributed by atoms with Crippen molar-refractivity contribution in [3.8, 4) is 0 Å². The number of aromatic nitrogens is 2. The van der Waals surface area contributed by atoms with E-state index in [4.69, 9.17) is 5.11 Å². The van der Waals surface area contributed by atoms with Crippen molar-refractivity contribution in [3.05, 3.63) is 46.8 Å². The van der Waals surface area contributed by atoms with Gasteiger partial charge in [0.25, 0.3) is 0 Å². The first kappa shape index (κ1) is 19.5. The number of benzene rings is 1. The van der Waals surface area contributed by atoms with Crippen LogP contribution in [0.3, 0.4) is 0 Å². The summed E-state index contributed by atoms with van der Waals surface area (Å²) in [6, 6.07) is 6.47. The molecule has 2 rings (SSSR count). The SMILES string of the molecule is Cc1nn(CC(F)(F)F)c(C)c1CC(=O)Nc1ccccc1CC(=O)O. The lowest BCUT2D eigenvalue weighted by atomic mass is 10.1. The molecule has 0 atom stereocenters. The molecule has 26 heavy (non-hydrogen) atoms. The van der Waals surface area contributed by atoms with E-state index >= 15 is 0 Å². The fourth-order valence-corrected chi connectivity index (χ4v) is 2.63. The summed E-state index contributed by atoms with van der Waals surface area (Å²) in [6.45, 7) is 1.80. The van der Waals surface area contributed by atoms with Crippen LogP contribution >= 0.6 is 0 Å². The van der Waals surface area contributed by atoms with Gasteiger partial charge in [-0.1, -0.05) is 18.2 Å². The molecule has 0 bridgehead atoms. The van der Waals surface area contributed by atoms with Crippen molar-refractivity contribution in [1.82, 2.24) is 9.78 Å². The Bertz CT molecular complexity index is 828. The van der Waals surface area contributed by atoms with Crippen molar-refractivity contribution in [2.24, 2.45) is 0 Å². The van der Waals surface area contributed by atoms with Gasteiger partial charge in [-0.25, -0.2) is 0 Å². The number of halogens is 3. The Morgan fingerprint density at radius 1 is 1.19 bits per heavy atom. The number of nitrogens with one attached hydrogen (secondary N) is 1. The number of carbonyl (C=O) groups is 2. The Balaban J connectivity index is 2.15. The number of anilines is 1. The van der Waals surface area contributed by atoms with Crippen molar-refractivity contribution in [1.29, 1.82) is 0 Å². The molecule has 1 amide bonds. The van der Waals surface area contributed by atoms with Crippen LogP contribution in [-0.4, -0.2) is 32.9 Å². The number of rotatable bonds is 6. The van der Waals surface area contributed by atoms with Crippen molar-refractivity contribution in [2.45, 2.75) is 39.4 Å². The van der Waals surface area contributed by atoms with Gasteiger partial charge in [-0.05, 0) is 25.5 Å². The third-order valence-electron chi connectivity index (χ3n) is 3.83. The zero-order valence-electron chi connectivity index (χ0n) is 14.2. The Labute approximate surface area is 147 Å². The zero-order valence-corrected chi connectivity index (χ0v) is 14.2. The van der Waals surface area contributed by atoms with E-state index in [1.807, 2.05) is 0 Å². The maximum Gasteiger partial charge on any atom is 0.408 e. The largest absolute Gasteiger partial charge is 0.481 e. The predicted molar refractivity (Wildman–Crippen MR) is 87.9 cm³/mol. The molecule has 0 aliphatic carbocycles. The quantitative estimate of drug-likeness (QED) is 0.820. The van der Waals surface area contributed by atoms with Gasteiger partial charge in [0.05, 0.1) is 18.5 Å². The summed E-state index contributed by atoms with van der Waals surface area (Å²) in [7, 11) is 0. The molecule has 0 saturated carbocycles. The molecule has 140 valence electrons. The number of amides is 1. The second kappa shape index (κ2) is 7.59. The topological polar surface area (TPSA) is 84.2 Å². The average molecular weight is 369 g/mol. The Morgan fingerprint density at radius 2 is 1.85 bits per heavy atom. The molecule has 2 aromatic rings. The van der Waals surface area contributed by atoms with E-state index in [1.165, 1.54) is 6.92 Å². The third kappa shape index (κ3) is 5.08. The number of carbonyl (C=O) groups excluding carboxylic acids is 1. The fourth-order valence-electron chi connectivity index (χ4n) is 2.63. The number of hydrogen-bond donors (Lipinski definition) is 2. The molecule has 2 N–H and O–H groups in total. The highest BCUT2D eigenvalue weighted by molar-refractivity contribution is 5.93. The number of alkyl halides is 3. The second-order valence-corrected chi connectivity index (χ2v) is 5.87. The van der Waals surface area contributed by atoms with E-state index in [2.05, 4.69) is 10.4 Å². The first-order chi connectivity index (χ1) is 12.1. The molecule has 9 heteroatoms. The van der Waals surface area contributed by atoms with Crippen LogP contribution in [0.25, 0.3) is 0 Å². The van der Waals surface area contributed by atoms with Gasteiger partial charge in [0.15, 0.2) is 0 Å². The lowest BCUT2D eigenvalue weighted by Crippen LogP contribution is -2.20.